The molecule has 4 amide bonds. The van der Waals surface area contributed by atoms with Gasteiger partial charge in [0.05, 0.1) is 0 Å². The fourth-order valence-corrected chi connectivity index (χ4v) is 4.31. The van der Waals surface area contributed by atoms with Gasteiger partial charge in [-0.1, -0.05) is 49.3 Å². The Morgan fingerprint density at radius 2 is 0.912 bits per heavy atom. The summed E-state index contributed by atoms with van der Waals surface area (Å²) in [5.74, 6) is 0.809. The number of aliphatic hydroxyl groups is 2. The molecule has 10 nitrogen and oxygen atoms in total. The van der Waals surface area contributed by atoms with E-state index in [1.54, 1.807) is 49.3 Å². The summed E-state index contributed by atoms with van der Waals surface area (Å²) >= 11 is 0. The Balaban J connectivity index is 3.60. The molecule has 0 bridgehead atoms. The normalized spacial score (nSPS) is 11.6. The van der Waals surface area contributed by atoms with E-state index in [2.05, 4.69) is 21.3 Å². The molecular weight excluding hydrogens is 480 g/mol. The summed E-state index contributed by atoms with van der Waals surface area (Å²) in [6.07, 6.45) is 0.823. The highest BCUT2D eigenvalue weighted by molar-refractivity contribution is 8.76. The molecule has 34 heavy (non-hydrogen) atoms. The first-order chi connectivity index (χ1) is 15.9. The topological polar surface area (TPSA) is 157 Å². The minimum absolute atomic E-state index is 0.0753. The van der Waals surface area contributed by atoms with Crippen molar-refractivity contribution in [1.82, 2.24) is 21.3 Å². The molecule has 0 heterocycles. The Bertz CT molecular complexity index is 593. The van der Waals surface area contributed by atoms with Gasteiger partial charge in [0, 0.05) is 76.6 Å². The highest BCUT2D eigenvalue weighted by Gasteiger charge is 2.21. The maximum atomic E-state index is 11.8. The second-order valence-electron chi connectivity index (χ2n) is 9.54. The van der Waals surface area contributed by atoms with Gasteiger partial charge in [-0.3, -0.25) is 19.2 Å². The van der Waals surface area contributed by atoms with Crippen molar-refractivity contribution in [3.8, 4) is 0 Å². The largest absolute Gasteiger partial charge is 0.396 e. The van der Waals surface area contributed by atoms with Gasteiger partial charge in [0.15, 0.2) is 0 Å². The molecule has 0 unspecified atom stereocenters. The van der Waals surface area contributed by atoms with Crippen LogP contribution in [-0.2, 0) is 19.2 Å². The monoisotopic (exact) mass is 522 g/mol. The summed E-state index contributed by atoms with van der Waals surface area (Å²) in [5.41, 5.74) is -0.944. The molecule has 0 aromatic rings. The lowest BCUT2D eigenvalue weighted by Crippen LogP contribution is -2.34. The number of carbonyl (C=O) groups excluding carboxylic acids is 4. The van der Waals surface area contributed by atoms with E-state index >= 15 is 0 Å². The Morgan fingerprint density at radius 1 is 0.588 bits per heavy atom. The molecule has 0 aliphatic rings. The average molecular weight is 523 g/mol. The summed E-state index contributed by atoms with van der Waals surface area (Å²) in [4.78, 5) is 47.1. The van der Waals surface area contributed by atoms with E-state index in [1.807, 2.05) is 0 Å². The van der Waals surface area contributed by atoms with Crippen molar-refractivity contribution >= 4 is 45.2 Å². The van der Waals surface area contributed by atoms with Gasteiger partial charge in [-0.15, -0.1) is 0 Å². The number of carbonyl (C=O) groups is 4. The van der Waals surface area contributed by atoms with Crippen LogP contribution in [0, 0.1) is 10.8 Å². The maximum Gasteiger partial charge on any atom is 0.221 e. The second kappa shape index (κ2) is 17.9. The number of hydrogen-bond acceptors (Lipinski definition) is 8. The highest BCUT2D eigenvalue weighted by Crippen LogP contribution is 2.20. The standard InChI is InChI=1S/C22H42N4O6S2/c1-21(2,15-27)13-19(31)23-7-5-17(29)25-9-11-33-34-12-10-26-18(30)6-8-24-20(32)14-22(3,4)16-28/h27-28H,5-16H2,1-4H3,(H,23,31)(H,24,32)(H,25,29)(H,26,30). The maximum absolute atomic E-state index is 11.8. The van der Waals surface area contributed by atoms with E-state index in [-0.39, 0.29) is 75.6 Å². The minimum Gasteiger partial charge on any atom is -0.396 e. The van der Waals surface area contributed by atoms with Gasteiger partial charge in [-0.05, 0) is 10.8 Å². The number of nitrogens with one attached hydrogen (secondary N) is 4. The molecule has 0 aliphatic heterocycles. The molecule has 6 N–H and O–H groups in total. The summed E-state index contributed by atoms with van der Waals surface area (Å²) < 4.78 is 0. The zero-order chi connectivity index (χ0) is 26.0. The van der Waals surface area contributed by atoms with Crippen molar-refractivity contribution in [2.75, 3.05) is 50.9 Å². The van der Waals surface area contributed by atoms with Gasteiger partial charge in [0.2, 0.25) is 23.6 Å². The Hall–Kier alpha value is -1.50. The van der Waals surface area contributed by atoms with E-state index in [9.17, 15) is 19.2 Å². The highest BCUT2D eigenvalue weighted by atomic mass is 33.1. The first-order valence-corrected chi connectivity index (χ1v) is 13.9. The predicted molar refractivity (Wildman–Crippen MR) is 137 cm³/mol. The van der Waals surface area contributed by atoms with E-state index in [4.69, 9.17) is 10.2 Å². The van der Waals surface area contributed by atoms with Crippen molar-refractivity contribution in [3.05, 3.63) is 0 Å². The lowest BCUT2D eigenvalue weighted by atomic mass is 9.90. The van der Waals surface area contributed by atoms with E-state index in [0.29, 0.717) is 13.1 Å². The van der Waals surface area contributed by atoms with Gasteiger partial charge in [0.25, 0.3) is 0 Å². The fraction of sp³-hybridized carbons (Fsp3) is 0.818. The van der Waals surface area contributed by atoms with Crippen molar-refractivity contribution in [2.45, 2.75) is 53.4 Å². The number of amides is 4. The quantitative estimate of drug-likeness (QED) is 0.105. The van der Waals surface area contributed by atoms with Crippen LogP contribution in [0.4, 0.5) is 0 Å². The van der Waals surface area contributed by atoms with Crippen molar-refractivity contribution in [3.63, 3.8) is 0 Å². The summed E-state index contributed by atoms with van der Waals surface area (Å²) in [7, 11) is 3.19. The van der Waals surface area contributed by atoms with Crippen molar-refractivity contribution in [2.24, 2.45) is 10.8 Å². The van der Waals surface area contributed by atoms with Crippen LogP contribution < -0.4 is 21.3 Å². The van der Waals surface area contributed by atoms with E-state index < -0.39 is 10.8 Å². The van der Waals surface area contributed by atoms with Crippen LogP contribution in [0.1, 0.15) is 53.4 Å². The molecule has 0 saturated carbocycles. The van der Waals surface area contributed by atoms with Crippen LogP contribution in [0.3, 0.4) is 0 Å². The predicted octanol–water partition coefficient (Wildman–Crippen LogP) is 0.430. The van der Waals surface area contributed by atoms with Crippen LogP contribution >= 0.6 is 21.6 Å². The molecule has 0 aliphatic carbocycles. The second-order valence-corrected chi connectivity index (χ2v) is 12.2. The molecule has 198 valence electrons. The lowest BCUT2D eigenvalue weighted by molar-refractivity contribution is -0.125. The Kier molecular flexibility index (Phi) is 17.1. The van der Waals surface area contributed by atoms with Gasteiger partial charge < -0.3 is 31.5 Å². The smallest absolute Gasteiger partial charge is 0.221 e. The summed E-state index contributed by atoms with van der Waals surface area (Å²) in [5, 5.41) is 29.3. The molecule has 0 saturated heterocycles. The van der Waals surface area contributed by atoms with Crippen LogP contribution in [0.15, 0.2) is 0 Å². The average Bonchev–Trinajstić information content (AvgIpc) is 2.74. The third kappa shape index (κ3) is 18.9. The number of aliphatic hydroxyl groups excluding tert-OH is 2. The lowest BCUT2D eigenvalue weighted by Gasteiger charge is -2.20. The zero-order valence-electron chi connectivity index (χ0n) is 20.8. The Labute approximate surface area is 210 Å². The first-order valence-electron chi connectivity index (χ1n) is 11.4. The molecule has 0 spiro atoms. The van der Waals surface area contributed by atoms with Crippen molar-refractivity contribution in [1.29, 1.82) is 0 Å². The van der Waals surface area contributed by atoms with E-state index in [1.165, 1.54) is 0 Å². The molecule has 0 aromatic carbocycles. The molecule has 0 atom stereocenters. The van der Waals surface area contributed by atoms with Crippen molar-refractivity contribution < 1.29 is 29.4 Å². The molecule has 0 aromatic heterocycles. The molecule has 0 fully saturated rings. The van der Waals surface area contributed by atoms with Gasteiger partial charge in [0.1, 0.15) is 0 Å². The summed E-state index contributed by atoms with van der Waals surface area (Å²) in [6, 6.07) is 0. The molecule has 0 radical (unpaired) electrons. The minimum atomic E-state index is -0.472. The Morgan fingerprint density at radius 3 is 1.24 bits per heavy atom. The zero-order valence-corrected chi connectivity index (χ0v) is 22.5. The van der Waals surface area contributed by atoms with Gasteiger partial charge in [-0.2, -0.15) is 0 Å². The third-order valence-corrected chi connectivity index (χ3v) is 6.99. The van der Waals surface area contributed by atoms with Gasteiger partial charge >= 0.3 is 0 Å². The third-order valence-electron chi connectivity index (χ3n) is 4.58. The molecule has 12 heteroatoms. The number of rotatable bonds is 19. The number of hydrogen-bond donors (Lipinski definition) is 6. The van der Waals surface area contributed by atoms with Crippen LogP contribution in [0.5, 0.6) is 0 Å². The van der Waals surface area contributed by atoms with E-state index in [0.717, 1.165) is 11.5 Å². The van der Waals surface area contributed by atoms with Gasteiger partial charge in [-0.25, -0.2) is 0 Å². The molecular formula is C22H42N4O6S2. The van der Waals surface area contributed by atoms with Crippen LogP contribution in [0.2, 0.25) is 0 Å². The summed E-state index contributed by atoms with van der Waals surface area (Å²) in [6.45, 7) is 8.60. The first kappa shape index (κ1) is 32.5. The van der Waals surface area contributed by atoms with Crippen LogP contribution in [0.25, 0.3) is 0 Å². The SMILES string of the molecule is CC(C)(CO)CC(=O)NCCC(=O)NCCSSCCNC(=O)CCNC(=O)CC(C)(C)CO. The molecule has 0 rings (SSSR count). The fourth-order valence-electron chi connectivity index (χ4n) is 2.50. The van der Waals surface area contributed by atoms with Crippen LogP contribution in [-0.4, -0.2) is 84.7 Å².